The first kappa shape index (κ1) is 15.3. The van der Waals surface area contributed by atoms with Crippen LogP contribution in [0.1, 0.15) is 18.2 Å². The van der Waals surface area contributed by atoms with Gasteiger partial charge in [0.1, 0.15) is 6.23 Å². The lowest BCUT2D eigenvalue weighted by Gasteiger charge is -2.18. The fourth-order valence-electron chi connectivity index (χ4n) is 2.36. The molecule has 10 heteroatoms. The average molecular weight is 295 g/mol. The normalized spacial score (nSPS) is 24.7. The van der Waals surface area contributed by atoms with E-state index < -0.39 is 24.1 Å². The molecule has 3 N–H and O–H groups in total. The Morgan fingerprint density at radius 2 is 2.48 bits per heavy atom. The van der Waals surface area contributed by atoms with E-state index in [0.717, 1.165) is 0 Å². The lowest BCUT2D eigenvalue weighted by molar-refractivity contribution is -0.0270. The van der Waals surface area contributed by atoms with Crippen LogP contribution in [-0.2, 0) is 4.74 Å². The van der Waals surface area contributed by atoms with Crippen LogP contribution in [0.2, 0.25) is 0 Å². The Kier molecular flexibility index (Phi) is 4.43. The van der Waals surface area contributed by atoms with Crippen molar-refractivity contribution in [1.82, 2.24) is 9.55 Å². The maximum Gasteiger partial charge on any atom is 0.351 e. The summed E-state index contributed by atoms with van der Waals surface area (Å²) in [6, 6.07) is -0.519. The molecule has 1 saturated heterocycles. The molecular weight excluding hydrogens is 278 g/mol. The van der Waals surface area contributed by atoms with Gasteiger partial charge in [0.2, 0.25) is 0 Å². The largest absolute Gasteiger partial charge is 0.394 e. The molecule has 0 amide bonds. The molecule has 0 aromatic carbocycles. The zero-order valence-corrected chi connectivity index (χ0v) is 11.7. The zero-order valence-electron chi connectivity index (χ0n) is 11.7. The van der Waals surface area contributed by atoms with Gasteiger partial charge in [-0.15, -0.1) is 0 Å². The number of aliphatic hydroxyl groups excluding tert-OH is 1. The molecule has 0 spiro atoms. The van der Waals surface area contributed by atoms with E-state index in [4.69, 9.17) is 16.1 Å². The zero-order chi connectivity index (χ0) is 15.6. The molecule has 114 valence electrons. The van der Waals surface area contributed by atoms with Crippen LogP contribution in [0.3, 0.4) is 0 Å². The third-order valence-electron chi connectivity index (χ3n) is 3.34. The van der Waals surface area contributed by atoms with Gasteiger partial charge in [0.15, 0.2) is 5.82 Å². The van der Waals surface area contributed by atoms with Gasteiger partial charge in [-0.05, 0) is 12.5 Å². The molecule has 1 aliphatic rings. The van der Waals surface area contributed by atoms with Crippen molar-refractivity contribution in [3.8, 4) is 0 Å². The number of aromatic nitrogens is 2. The van der Waals surface area contributed by atoms with Crippen LogP contribution in [0, 0.1) is 6.92 Å². The third-order valence-corrected chi connectivity index (χ3v) is 3.34. The molecule has 21 heavy (non-hydrogen) atoms. The first-order valence-corrected chi connectivity index (χ1v) is 6.36. The van der Waals surface area contributed by atoms with E-state index in [9.17, 15) is 9.90 Å². The second-order valence-corrected chi connectivity index (χ2v) is 4.87. The highest BCUT2D eigenvalue weighted by atomic mass is 16.5. The second-order valence-electron chi connectivity index (χ2n) is 4.87. The summed E-state index contributed by atoms with van der Waals surface area (Å²) in [5.74, 6) is 5.97. The van der Waals surface area contributed by atoms with Crippen molar-refractivity contribution in [2.45, 2.75) is 31.7 Å². The summed E-state index contributed by atoms with van der Waals surface area (Å²) >= 11 is 0. The Morgan fingerprint density at radius 1 is 1.76 bits per heavy atom. The van der Waals surface area contributed by atoms with Gasteiger partial charge in [0.25, 0.3) is 0 Å². The van der Waals surface area contributed by atoms with Gasteiger partial charge >= 0.3 is 5.69 Å². The van der Waals surface area contributed by atoms with Crippen LogP contribution >= 0.6 is 0 Å². The van der Waals surface area contributed by atoms with Crippen molar-refractivity contribution >= 4 is 5.82 Å². The number of azide groups is 1. The van der Waals surface area contributed by atoms with Crippen molar-refractivity contribution in [2.75, 3.05) is 18.7 Å². The summed E-state index contributed by atoms with van der Waals surface area (Å²) in [7, 11) is 1.59. The van der Waals surface area contributed by atoms with Crippen molar-refractivity contribution < 1.29 is 9.84 Å². The van der Waals surface area contributed by atoms with Crippen molar-refractivity contribution in [3.63, 3.8) is 0 Å². The van der Waals surface area contributed by atoms with Gasteiger partial charge in [-0.25, -0.2) is 10.6 Å². The monoisotopic (exact) mass is 295 g/mol. The van der Waals surface area contributed by atoms with Crippen LogP contribution in [-0.4, -0.2) is 40.5 Å². The molecular formula is C11H17N7O3. The maximum absolute atomic E-state index is 12.1. The predicted molar refractivity (Wildman–Crippen MR) is 74.4 cm³/mol. The molecule has 1 fully saturated rings. The second kappa shape index (κ2) is 6.10. The molecule has 10 nitrogen and oxygen atoms in total. The van der Waals surface area contributed by atoms with E-state index in [2.05, 4.69) is 15.0 Å². The van der Waals surface area contributed by atoms with Gasteiger partial charge < -0.3 is 9.84 Å². The minimum Gasteiger partial charge on any atom is -0.394 e. The molecule has 0 unspecified atom stereocenters. The maximum atomic E-state index is 12.1. The number of hydrogen-bond donors (Lipinski definition) is 2. The van der Waals surface area contributed by atoms with Crippen molar-refractivity contribution in [1.29, 1.82) is 0 Å². The van der Waals surface area contributed by atoms with E-state index in [1.54, 1.807) is 20.2 Å². The highest BCUT2D eigenvalue weighted by Crippen LogP contribution is 2.30. The number of aryl methyl sites for hydroxylation is 1. The number of rotatable bonds is 4. The third kappa shape index (κ3) is 2.98. The summed E-state index contributed by atoms with van der Waals surface area (Å²) in [6.45, 7) is 1.48. The number of anilines is 1. The lowest BCUT2D eigenvalue weighted by atomic mass is 10.1. The molecule has 0 saturated carbocycles. The minimum atomic E-state index is -0.631. The Hall–Kier alpha value is -2.13. The van der Waals surface area contributed by atoms with E-state index in [1.165, 1.54) is 9.58 Å². The van der Waals surface area contributed by atoms with E-state index >= 15 is 0 Å². The van der Waals surface area contributed by atoms with E-state index in [0.29, 0.717) is 17.8 Å². The first-order chi connectivity index (χ1) is 9.97. The lowest BCUT2D eigenvalue weighted by Crippen LogP contribution is -2.33. The van der Waals surface area contributed by atoms with Crippen molar-refractivity contribution in [3.05, 3.63) is 32.7 Å². The summed E-state index contributed by atoms with van der Waals surface area (Å²) in [4.78, 5) is 18.7. The molecule has 0 radical (unpaired) electrons. The fourth-order valence-corrected chi connectivity index (χ4v) is 2.36. The van der Waals surface area contributed by atoms with Crippen LogP contribution in [0.4, 0.5) is 5.82 Å². The Morgan fingerprint density at radius 3 is 3.05 bits per heavy atom. The van der Waals surface area contributed by atoms with Gasteiger partial charge in [-0.2, -0.15) is 4.98 Å². The van der Waals surface area contributed by atoms with Crippen LogP contribution in [0.25, 0.3) is 10.4 Å². The van der Waals surface area contributed by atoms with Crippen LogP contribution in [0.15, 0.2) is 16.1 Å². The van der Waals surface area contributed by atoms with Crippen LogP contribution in [0.5, 0.6) is 0 Å². The van der Waals surface area contributed by atoms with Gasteiger partial charge in [0, 0.05) is 30.1 Å². The topological polar surface area (TPSA) is 142 Å². The van der Waals surface area contributed by atoms with Crippen LogP contribution < -0.4 is 16.5 Å². The van der Waals surface area contributed by atoms with E-state index in [1.807, 2.05) is 0 Å². The van der Waals surface area contributed by atoms with Gasteiger partial charge in [0.05, 0.1) is 18.8 Å². The number of hydrazine groups is 1. The Balaban J connectivity index is 2.33. The molecule has 0 bridgehead atoms. The molecule has 1 aromatic rings. The number of nitrogens with two attached hydrogens (primary N) is 1. The molecule has 0 aliphatic carbocycles. The number of hydrogen-bond acceptors (Lipinski definition) is 7. The molecule has 3 atom stereocenters. The van der Waals surface area contributed by atoms with Gasteiger partial charge in [-0.3, -0.25) is 9.58 Å². The Bertz CT molecular complexity index is 623. The smallest absolute Gasteiger partial charge is 0.351 e. The summed E-state index contributed by atoms with van der Waals surface area (Å²) in [5, 5.41) is 14.1. The van der Waals surface area contributed by atoms with Gasteiger partial charge in [-0.1, -0.05) is 5.11 Å². The highest BCUT2D eigenvalue weighted by molar-refractivity contribution is 5.42. The first-order valence-electron chi connectivity index (χ1n) is 6.36. The molecule has 2 heterocycles. The number of nitrogens with zero attached hydrogens (tertiary/aromatic N) is 6. The predicted octanol–water partition coefficient (Wildman–Crippen LogP) is -0.180. The fraction of sp³-hybridized carbons (Fsp3) is 0.636. The summed E-state index contributed by atoms with van der Waals surface area (Å²) in [5.41, 5.74) is 8.70. The number of ether oxygens (including phenoxy) is 1. The standard InChI is InChI=1S/C11H17N7O3/c1-6-4-18(11(20)14-10(6)17(2)13)9-3-7(15-16-12)8(5-19)21-9/h4,7-9,19H,3,5,13H2,1-2H3/t7-,8+,9+/m0/s1. The van der Waals surface area contributed by atoms with E-state index in [-0.39, 0.29) is 6.61 Å². The quantitative estimate of drug-likeness (QED) is 0.259. The minimum absolute atomic E-state index is 0.287. The summed E-state index contributed by atoms with van der Waals surface area (Å²) < 4.78 is 6.88. The molecule has 2 rings (SSSR count). The molecule has 1 aromatic heterocycles. The highest BCUT2D eigenvalue weighted by Gasteiger charge is 2.35. The Labute approximate surface area is 120 Å². The average Bonchev–Trinajstić information content (AvgIpc) is 2.84. The number of aliphatic hydroxyl groups is 1. The molecule has 1 aliphatic heterocycles. The SMILES string of the molecule is Cc1cn([C@H]2C[C@H](N=[N+]=[N-])[C@@H](CO)O2)c(=O)nc1N(C)N. The summed E-state index contributed by atoms with van der Waals surface area (Å²) in [6.07, 6.45) is 0.628. The van der Waals surface area contributed by atoms with Crippen molar-refractivity contribution in [2.24, 2.45) is 11.0 Å².